The second-order valence-electron chi connectivity index (χ2n) is 6.10. The van der Waals surface area contributed by atoms with Gasteiger partial charge in [-0.05, 0) is 42.7 Å². The van der Waals surface area contributed by atoms with Crippen LogP contribution in [0.2, 0.25) is 0 Å². The molecule has 0 radical (unpaired) electrons. The summed E-state index contributed by atoms with van der Waals surface area (Å²) in [5.74, 6) is 0.281. The molecule has 2 N–H and O–H groups in total. The quantitative estimate of drug-likeness (QED) is 0.590. The lowest BCUT2D eigenvalue weighted by Crippen LogP contribution is -2.12. The molecule has 6 heteroatoms. The fourth-order valence-electron chi connectivity index (χ4n) is 2.81. The Balaban J connectivity index is 1.51. The summed E-state index contributed by atoms with van der Waals surface area (Å²) in [7, 11) is 0. The van der Waals surface area contributed by atoms with Gasteiger partial charge in [-0.1, -0.05) is 17.4 Å². The largest absolute Gasteiger partial charge is 0.346 e. The number of anilines is 1. The molecule has 0 aliphatic heterocycles. The number of thiazole rings is 1. The van der Waals surface area contributed by atoms with Crippen LogP contribution in [0.1, 0.15) is 12.8 Å². The Morgan fingerprint density at radius 1 is 1.21 bits per heavy atom. The molecule has 4 aromatic rings. The van der Waals surface area contributed by atoms with E-state index >= 15 is 0 Å². The lowest BCUT2D eigenvalue weighted by atomic mass is 10.1. The average Bonchev–Trinajstić information content (AvgIpc) is 3.21. The van der Waals surface area contributed by atoms with Crippen molar-refractivity contribution < 1.29 is 4.79 Å². The molecule has 0 spiro atoms. The third-order valence-corrected chi connectivity index (χ3v) is 5.23. The number of amides is 1. The minimum atomic E-state index is 0.0939. The molecular weight excluding hydrogens is 320 g/mol. The highest BCUT2D eigenvalue weighted by atomic mass is 32.1. The van der Waals surface area contributed by atoms with E-state index in [0.29, 0.717) is 5.13 Å². The first-order valence-electron chi connectivity index (χ1n) is 7.91. The number of H-pyrrole nitrogens is 1. The van der Waals surface area contributed by atoms with Crippen molar-refractivity contribution in [3.05, 3.63) is 42.7 Å². The first kappa shape index (κ1) is 13.7. The van der Waals surface area contributed by atoms with Gasteiger partial charge in [0.15, 0.2) is 5.13 Å². The molecule has 118 valence electrons. The predicted molar refractivity (Wildman–Crippen MR) is 96.1 cm³/mol. The Labute approximate surface area is 141 Å². The van der Waals surface area contributed by atoms with E-state index in [1.165, 1.54) is 11.3 Å². The monoisotopic (exact) mass is 334 g/mol. The van der Waals surface area contributed by atoms with Gasteiger partial charge in [-0.25, -0.2) is 9.97 Å². The summed E-state index contributed by atoms with van der Waals surface area (Å²) in [4.78, 5) is 23.9. The maximum absolute atomic E-state index is 11.9. The molecule has 1 amide bonds. The van der Waals surface area contributed by atoms with Gasteiger partial charge < -0.3 is 10.3 Å². The molecule has 3 heterocycles. The van der Waals surface area contributed by atoms with E-state index in [9.17, 15) is 4.79 Å². The van der Waals surface area contributed by atoms with Crippen molar-refractivity contribution in [3.8, 4) is 11.1 Å². The zero-order valence-electron chi connectivity index (χ0n) is 12.7. The molecule has 1 aliphatic carbocycles. The maximum Gasteiger partial charge on any atom is 0.229 e. The van der Waals surface area contributed by atoms with Crippen LogP contribution in [0.5, 0.6) is 0 Å². The SMILES string of the molecule is O=C(Nc1nc2ccc(-c3cnc4[nH]ccc4c3)cc2s1)C1CC1. The number of carbonyl (C=O) groups excluding carboxylic acids is 1. The number of nitrogens with zero attached hydrogens (tertiary/aromatic N) is 2. The Bertz CT molecular complexity index is 1080. The van der Waals surface area contributed by atoms with Gasteiger partial charge in [0.2, 0.25) is 5.91 Å². The summed E-state index contributed by atoms with van der Waals surface area (Å²) in [6, 6.07) is 10.3. The minimum Gasteiger partial charge on any atom is -0.346 e. The van der Waals surface area contributed by atoms with Crippen LogP contribution in [0, 0.1) is 5.92 Å². The number of rotatable bonds is 3. The van der Waals surface area contributed by atoms with Crippen molar-refractivity contribution in [1.29, 1.82) is 0 Å². The molecular formula is C18H14N4OS. The normalized spacial score (nSPS) is 14.3. The van der Waals surface area contributed by atoms with Crippen molar-refractivity contribution in [2.75, 3.05) is 5.32 Å². The summed E-state index contributed by atoms with van der Waals surface area (Å²) in [5, 5.41) is 4.70. The second-order valence-corrected chi connectivity index (χ2v) is 7.14. The Hall–Kier alpha value is -2.73. The fourth-order valence-corrected chi connectivity index (χ4v) is 3.72. The highest BCUT2D eigenvalue weighted by Gasteiger charge is 2.30. The van der Waals surface area contributed by atoms with Gasteiger partial charge in [0.25, 0.3) is 0 Å². The molecule has 1 aromatic carbocycles. The molecule has 0 unspecified atom stereocenters. The molecule has 1 fully saturated rings. The molecule has 1 aliphatic rings. The summed E-state index contributed by atoms with van der Waals surface area (Å²) < 4.78 is 1.06. The number of fused-ring (bicyclic) bond motifs is 2. The summed E-state index contributed by atoms with van der Waals surface area (Å²) >= 11 is 1.52. The maximum atomic E-state index is 11.9. The first-order valence-corrected chi connectivity index (χ1v) is 8.73. The second kappa shape index (κ2) is 5.14. The average molecular weight is 334 g/mol. The van der Waals surface area contributed by atoms with E-state index in [1.54, 1.807) is 0 Å². The van der Waals surface area contributed by atoms with Gasteiger partial charge in [0.05, 0.1) is 10.2 Å². The van der Waals surface area contributed by atoms with Gasteiger partial charge in [-0.15, -0.1) is 0 Å². The van der Waals surface area contributed by atoms with Gasteiger partial charge in [-0.2, -0.15) is 0 Å². The molecule has 5 nitrogen and oxygen atoms in total. The molecule has 5 rings (SSSR count). The van der Waals surface area contributed by atoms with E-state index in [4.69, 9.17) is 0 Å². The Morgan fingerprint density at radius 2 is 2.12 bits per heavy atom. The smallest absolute Gasteiger partial charge is 0.229 e. The number of benzene rings is 1. The van der Waals surface area contributed by atoms with Crippen molar-refractivity contribution in [2.24, 2.45) is 5.92 Å². The van der Waals surface area contributed by atoms with Crippen LogP contribution in [0.15, 0.2) is 42.7 Å². The molecule has 1 saturated carbocycles. The van der Waals surface area contributed by atoms with Crippen LogP contribution in [0.25, 0.3) is 32.4 Å². The number of aromatic amines is 1. The van der Waals surface area contributed by atoms with Crippen LogP contribution in [-0.2, 0) is 4.79 Å². The topological polar surface area (TPSA) is 70.7 Å². The number of aromatic nitrogens is 3. The van der Waals surface area contributed by atoms with Crippen molar-refractivity contribution in [1.82, 2.24) is 15.0 Å². The third-order valence-electron chi connectivity index (χ3n) is 4.30. The lowest BCUT2D eigenvalue weighted by Gasteiger charge is -2.01. The first-order chi connectivity index (χ1) is 11.8. The highest BCUT2D eigenvalue weighted by Crippen LogP contribution is 2.34. The van der Waals surface area contributed by atoms with Crippen molar-refractivity contribution in [3.63, 3.8) is 0 Å². The van der Waals surface area contributed by atoms with Crippen LogP contribution in [0.4, 0.5) is 5.13 Å². The van der Waals surface area contributed by atoms with E-state index in [0.717, 1.165) is 45.2 Å². The molecule has 24 heavy (non-hydrogen) atoms. The zero-order valence-corrected chi connectivity index (χ0v) is 13.6. The van der Waals surface area contributed by atoms with E-state index in [2.05, 4.69) is 32.4 Å². The number of pyridine rings is 1. The van der Waals surface area contributed by atoms with Gasteiger partial charge in [-0.3, -0.25) is 4.79 Å². The molecule has 0 saturated heterocycles. The van der Waals surface area contributed by atoms with Crippen LogP contribution >= 0.6 is 11.3 Å². The van der Waals surface area contributed by atoms with E-state index < -0.39 is 0 Å². The summed E-state index contributed by atoms with van der Waals surface area (Å²) in [5.41, 5.74) is 3.97. The summed E-state index contributed by atoms with van der Waals surface area (Å²) in [6.07, 6.45) is 5.75. The fraction of sp³-hybridized carbons (Fsp3) is 0.167. The van der Waals surface area contributed by atoms with Crippen molar-refractivity contribution >= 4 is 43.6 Å². The molecule has 0 atom stereocenters. The highest BCUT2D eigenvalue weighted by molar-refractivity contribution is 7.22. The Kier molecular flexibility index (Phi) is 2.93. The molecule has 3 aromatic heterocycles. The number of carbonyl (C=O) groups is 1. The Morgan fingerprint density at radius 3 is 3.00 bits per heavy atom. The van der Waals surface area contributed by atoms with Crippen molar-refractivity contribution in [2.45, 2.75) is 12.8 Å². The van der Waals surface area contributed by atoms with Gasteiger partial charge in [0.1, 0.15) is 5.65 Å². The third kappa shape index (κ3) is 2.35. The van der Waals surface area contributed by atoms with Crippen LogP contribution < -0.4 is 5.32 Å². The van der Waals surface area contributed by atoms with Gasteiger partial charge in [0, 0.05) is 29.3 Å². The van der Waals surface area contributed by atoms with E-state index in [-0.39, 0.29) is 11.8 Å². The van der Waals surface area contributed by atoms with E-state index in [1.807, 2.05) is 30.6 Å². The predicted octanol–water partition coefficient (Wildman–Crippen LogP) is 4.19. The number of hydrogen-bond donors (Lipinski definition) is 2. The molecule has 0 bridgehead atoms. The number of hydrogen-bond acceptors (Lipinski definition) is 4. The summed E-state index contributed by atoms with van der Waals surface area (Å²) in [6.45, 7) is 0. The lowest BCUT2D eigenvalue weighted by molar-refractivity contribution is -0.117. The van der Waals surface area contributed by atoms with Crippen LogP contribution in [0.3, 0.4) is 0 Å². The van der Waals surface area contributed by atoms with Gasteiger partial charge >= 0.3 is 0 Å². The standard InChI is InChI=1S/C18H14N4OS/c23-17(10-1-2-10)22-18-21-14-4-3-11(8-15(14)24-18)13-7-12-5-6-19-16(12)20-9-13/h3-10H,1-2H2,(H,19,20)(H,21,22,23). The van der Waals surface area contributed by atoms with Crippen LogP contribution in [-0.4, -0.2) is 20.9 Å². The minimum absolute atomic E-state index is 0.0939. The number of nitrogens with one attached hydrogen (secondary N) is 2. The zero-order chi connectivity index (χ0) is 16.1.